The molecule has 0 saturated carbocycles. The standard InChI is InChI=1S/C12H12O3/c1-11(13)14-9-5-6-10-15-12-7-3-2-4-8-12/h2-4,7-8H,9-10H2,1H3. The normalized spacial score (nSPS) is 8.60. The number of rotatable bonds is 3. The Bertz CT molecular complexity index is 359. The molecule has 0 aliphatic heterocycles. The first-order valence-electron chi connectivity index (χ1n) is 4.56. The largest absolute Gasteiger partial charge is 0.481 e. The quantitative estimate of drug-likeness (QED) is 0.554. The minimum absolute atomic E-state index is 0.119. The summed E-state index contributed by atoms with van der Waals surface area (Å²) in [6.07, 6.45) is 0. The molecule has 0 atom stereocenters. The number of hydrogen-bond acceptors (Lipinski definition) is 3. The van der Waals surface area contributed by atoms with Gasteiger partial charge in [-0.05, 0) is 12.1 Å². The Labute approximate surface area is 89.0 Å². The summed E-state index contributed by atoms with van der Waals surface area (Å²) < 4.78 is 9.92. The van der Waals surface area contributed by atoms with Crippen LogP contribution in [0, 0.1) is 11.8 Å². The van der Waals surface area contributed by atoms with E-state index in [4.69, 9.17) is 4.74 Å². The molecule has 15 heavy (non-hydrogen) atoms. The fourth-order valence-electron chi connectivity index (χ4n) is 0.876. The minimum atomic E-state index is -0.326. The maximum Gasteiger partial charge on any atom is 0.303 e. The van der Waals surface area contributed by atoms with Gasteiger partial charge in [0.05, 0.1) is 0 Å². The van der Waals surface area contributed by atoms with Gasteiger partial charge in [-0.1, -0.05) is 30.0 Å². The molecule has 3 nitrogen and oxygen atoms in total. The molecule has 0 unspecified atom stereocenters. The van der Waals surface area contributed by atoms with Crippen LogP contribution in [0.1, 0.15) is 6.92 Å². The zero-order chi connectivity index (χ0) is 10.9. The van der Waals surface area contributed by atoms with Gasteiger partial charge in [0.15, 0.2) is 6.61 Å². The summed E-state index contributed by atoms with van der Waals surface area (Å²) in [6, 6.07) is 9.41. The van der Waals surface area contributed by atoms with Gasteiger partial charge >= 0.3 is 5.97 Å². The summed E-state index contributed by atoms with van der Waals surface area (Å²) >= 11 is 0. The molecule has 0 saturated heterocycles. The number of para-hydroxylation sites is 1. The van der Waals surface area contributed by atoms with Crippen molar-refractivity contribution in [1.29, 1.82) is 0 Å². The van der Waals surface area contributed by atoms with E-state index in [1.54, 1.807) is 0 Å². The van der Waals surface area contributed by atoms with Gasteiger partial charge in [0.25, 0.3) is 0 Å². The molecule has 0 amide bonds. The Morgan fingerprint density at radius 2 is 1.87 bits per heavy atom. The van der Waals surface area contributed by atoms with Gasteiger partial charge in [-0.2, -0.15) is 0 Å². The van der Waals surface area contributed by atoms with Crippen LogP contribution in [0.25, 0.3) is 0 Å². The van der Waals surface area contributed by atoms with Crippen molar-refractivity contribution in [1.82, 2.24) is 0 Å². The second-order valence-corrected chi connectivity index (χ2v) is 2.74. The zero-order valence-corrected chi connectivity index (χ0v) is 8.53. The molecule has 78 valence electrons. The zero-order valence-electron chi connectivity index (χ0n) is 8.53. The van der Waals surface area contributed by atoms with Gasteiger partial charge in [0.2, 0.25) is 0 Å². The average molecular weight is 204 g/mol. The van der Waals surface area contributed by atoms with Crippen molar-refractivity contribution in [3.8, 4) is 17.6 Å². The summed E-state index contributed by atoms with van der Waals surface area (Å²) in [7, 11) is 0. The molecule has 0 aliphatic carbocycles. The first-order chi connectivity index (χ1) is 7.29. The summed E-state index contributed by atoms with van der Waals surface area (Å²) in [4.78, 5) is 10.4. The van der Waals surface area contributed by atoms with E-state index in [0.717, 1.165) is 5.75 Å². The van der Waals surface area contributed by atoms with Crippen molar-refractivity contribution >= 4 is 5.97 Å². The second kappa shape index (κ2) is 6.50. The molecule has 0 heterocycles. The monoisotopic (exact) mass is 204 g/mol. The Morgan fingerprint density at radius 1 is 1.20 bits per heavy atom. The van der Waals surface area contributed by atoms with E-state index in [2.05, 4.69) is 16.6 Å². The molecule has 1 aromatic rings. The third-order valence-corrected chi connectivity index (χ3v) is 1.53. The highest BCUT2D eigenvalue weighted by atomic mass is 16.5. The van der Waals surface area contributed by atoms with Crippen LogP contribution in [0.5, 0.6) is 5.75 Å². The predicted molar refractivity (Wildman–Crippen MR) is 56.3 cm³/mol. The highest BCUT2D eigenvalue weighted by molar-refractivity contribution is 5.66. The van der Waals surface area contributed by atoms with Crippen molar-refractivity contribution in [2.24, 2.45) is 0 Å². The minimum Gasteiger partial charge on any atom is -0.481 e. The van der Waals surface area contributed by atoms with Crippen molar-refractivity contribution < 1.29 is 14.3 Å². The van der Waals surface area contributed by atoms with Gasteiger partial charge in [-0.25, -0.2) is 0 Å². The summed E-state index contributed by atoms with van der Waals surface area (Å²) in [5, 5.41) is 0. The third kappa shape index (κ3) is 5.37. The lowest BCUT2D eigenvalue weighted by atomic mass is 10.3. The molecule has 1 aromatic carbocycles. The van der Waals surface area contributed by atoms with Gasteiger partial charge < -0.3 is 9.47 Å². The molecule has 0 radical (unpaired) electrons. The first-order valence-corrected chi connectivity index (χ1v) is 4.56. The van der Waals surface area contributed by atoms with Crippen LogP contribution < -0.4 is 4.74 Å². The number of esters is 1. The van der Waals surface area contributed by atoms with E-state index in [9.17, 15) is 4.79 Å². The third-order valence-electron chi connectivity index (χ3n) is 1.53. The molecule has 0 N–H and O–H groups in total. The number of ether oxygens (including phenoxy) is 2. The number of carbonyl (C=O) groups is 1. The molecule has 0 fully saturated rings. The fourth-order valence-corrected chi connectivity index (χ4v) is 0.876. The van der Waals surface area contributed by atoms with E-state index >= 15 is 0 Å². The predicted octanol–water partition coefficient (Wildman–Crippen LogP) is 1.63. The van der Waals surface area contributed by atoms with Crippen LogP contribution in [-0.2, 0) is 9.53 Å². The molecular weight excluding hydrogens is 192 g/mol. The molecule has 0 bridgehead atoms. The number of benzene rings is 1. The van der Waals surface area contributed by atoms with Crippen LogP contribution >= 0.6 is 0 Å². The van der Waals surface area contributed by atoms with Crippen molar-refractivity contribution in [3.05, 3.63) is 30.3 Å². The number of carbonyl (C=O) groups excluding carboxylic acids is 1. The van der Waals surface area contributed by atoms with Gasteiger partial charge in [0.1, 0.15) is 12.4 Å². The van der Waals surface area contributed by atoms with Gasteiger partial charge in [-0.3, -0.25) is 4.79 Å². The Morgan fingerprint density at radius 3 is 2.53 bits per heavy atom. The van der Waals surface area contributed by atoms with Crippen molar-refractivity contribution in [2.75, 3.05) is 13.2 Å². The molecule has 0 spiro atoms. The maximum absolute atomic E-state index is 10.4. The van der Waals surface area contributed by atoms with Gasteiger partial charge in [0, 0.05) is 6.92 Å². The Kier molecular flexibility index (Phi) is 4.82. The van der Waals surface area contributed by atoms with Crippen LogP contribution in [0.15, 0.2) is 30.3 Å². The number of hydrogen-bond donors (Lipinski definition) is 0. The average Bonchev–Trinajstić information content (AvgIpc) is 2.24. The summed E-state index contributed by atoms with van der Waals surface area (Å²) in [5.74, 6) is 5.86. The van der Waals surface area contributed by atoms with E-state index in [1.165, 1.54) is 6.92 Å². The molecule has 1 rings (SSSR count). The highest BCUT2D eigenvalue weighted by Gasteiger charge is 1.88. The fraction of sp³-hybridized carbons (Fsp3) is 0.250. The lowest BCUT2D eigenvalue weighted by Crippen LogP contribution is -1.99. The van der Waals surface area contributed by atoms with E-state index in [1.807, 2.05) is 30.3 Å². The molecule has 0 aliphatic rings. The van der Waals surface area contributed by atoms with E-state index in [-0.39, 0.29) is 12.6 Å². The summed E-state index contributed by atoms with van der Waals surface area (Å²) in [5.41, 5.74) is 0. The topological polar surface area (TPSA) is 35.5 Å². The first kappa shape index (κ1) is 11.1. The molecule has 3 heteroatoms. The summed E-state index contributed by atoms with van der Waals surface area (Å²) in [6.45, 7) is 1.76. The van der Waals surface area contributed by atoms with Gasteiger partial charge in [-0.15, -0.1) is 0 Å². The smallest absolute Gasteiger partial charge is 0.303 e. The van der Waals surface area contributed by atoms with E-state index < -0.39 is 0 Å². The molecular formula is C12H12O3. The van der Waals surface area contributed by atoms with Crippen LogP contribution in [-0.4, -0.2) is 19.2 Å². The maximum atomic E-state index is 10.4. The Hall–Kier alpha value is -1.95. The Balaban J connectivity index is 2.19. The van der Waals surface area contributed by atoms with E-state index in [0.29, 0.717) is 6.61 Å². The van der Waals surface area contributed by atoms with Crippen molar-refractivity contribution in [2.45, 2.75) is 6.92 Å². The van der Waals surface area contributed by atoms with Crippen LogP contribution in [0.4, 0.5) is 0 Å². The van der Waals surface area contributed by atoms with Crippen molar-refractivity contribution in [3.63, 3.8) is 0 Å². The van der Waals surface area contributed by atoms with Crippen LogP contribution in [0.3, 0.4) is 0 Å². The van der Waals surface area contributed by atoms with Crippen LogP contribution in [0.2, 0.25) is 0 Å². The highest BCUT2D eigenvalue weighted by Crippen LogP contribution is 2.07. The lowest BCUT2D eigenvalue weighted by Gasteiger charge is -1.99. The second-order valence-electron chi connectivity index (χ2n) is 2.74. The SMILES string of the molecule is CC(=O)OCC#CCOc1ccccc1. The molecule has 0 aromatic heterocycles. The lowest BCUT2D eigenvalue weighted by molar-refractivity contribution is -0.139.